The molecule has 0 fully saturated rings. The van der Waals surface area contributed by atoms with Gasteiger partial charge in [-0.3, -0.25) is 0 Å². The Morgan fingerprint density at radius 2 is 2.00 bits per heavy atom. The summed E-state index contributed by atoms with van der Waals surface area (Å²) in [5.41, 5.74) is 0. The Bertz CT molecular complexity index is 142. The number of carboxylic acid groups (broad SMARTS) is 1. The van der Waals surface area contributed by atoms with Gasteiger partial charge in [0.05, 0.1) is 5.97 Å². The first-order chi connectivity index (χ1) is 4.04. The summed E-state index contributed by atoms with van der Waals surface area (Å²) in [7, 11) is 0. The molecule has 0 heterocycles. The predicted molar refractivity (Wildman–Crippen MR) is 36.8 cm³/mol. The molecule has 7 heteroatoms. The zero-order valence-corrected chi connectivity index (χ0v) is 8.69. The fraction of sp³-hybridized carbons (Fsp3) is 0.500. The van der Waals surface area contributed by atoms with Crippen molar-refractivity contribution in [2.24, 2.45) is 0 Å². The van der Waals surface area contributed by atoms with Crippen LogP contribution in [0.2, 0.25) is 0 Å². The molecule has 0 aliphatic rings. The first kappa shape index (κ1) is 17.2. The fourth-order valence-corrected chi connectivity index (χ4v) is 0.407. The molecule has 6 N–H and O–H groups in total. The minimum Gasteiger partial charge on any atom is -0.547 e. The summed E-state index contributed by atoms with van der Waals surface area (Å²) in [5, 5.41) is 25.8. The predicted octanol–water partition coefficient (Wildman–Crippen LogP) is -1.25. The van der Waals surface area contributed by atoms with Gasteiger partial charge in [0.25, 0.3) is 0 Å². The van der Waals surface area contributed by atoms with Crippen molar-refractivity contribution in [3.05, 3.63) is 0 Å². The molecule has 5 nitrogen and oxygen atoms in total. The fourth-order valence-electron chi connectivity index (χ4n) is 0.249. The maximum Gasteiger partial charge on any atom is 0.159 e. The van der Waals surface area contributed by atoms with Crippen molar-refractivity contribution in [1.29, 1.82) is 0 Å². The van der Waals surface area contributed by atoms with E-state index < -0.39 is 23.5 Å². The number of aliphatic hydroxyl groups is 2. The van der Waals surface area contributed by atoms with Crippen molar-refractivity contribution in [2.45, 2.75) is 12.5 Å². The van der Waals surface area contributed by atoms with Gasteiger partial charge in [-0.2, -0.15) is 0 Å². The van der Waals surface area contributed by atoms with E-state index in [4.69, 9.17) is 10.2 Å². The van der Waals surface area contributed by atoms with Gasteiger partial charge in [-0.05, 0) is 12.2 Å². The molecule has 0 aromatic rings. The Balaban J connectivity index is -0.000000320. The molecule has 71 valence electrons. The summed E-state index contributed by atoms with van der Waals surface area (Å²) in [6.07, 6.45) is -2.14. The van der Waals surface area contributed by atoms with E-state index in [1.807, 2.05) is 0 Å². The topological polar surface area (TPSA) is 117 Å². The van der Waals surface area contributed by atoms with Crippen molar-refractivity contribution < 1.29 is 42.5 Å². The number of carbonyl (C=O) groups is 1. The van der Waals surface area contributed by atoms with E-state index >= 15 is 0 Å². The van der Waals surface area contributed by atoms with E-state index in [1.54, 1.807) is 0 Å². The first-order valence-electron chi connectivity index (χ1n) is 2.14. The van der Waals surface area contributed by atoms with Crippen molar-refractivity contribution in [1.82, 2.24) is 6.15 Å². The molecule has 0 aliphatic heterocycles. The Hall–Kier alpha value is 0.0203. The van der Waals surface area contributed by atoms with Crippen LogP contribution in [-0.2, 0) is 27.2 Å². The van der Waals surface area contributed by atoms with E-state index in [0.717, 1.165) is 0 Å². The van der Waals surface area contributed by atoms with E-state index in [-0.39, 0.29) is 28.5 Å². The number of carboxylic acids is 1. The van der Waals surface area contributed by atoms with Crippen LogP contribution in [0.15, 0.2) is 0 Å². The summed E-state index contributed by atoms with van der Waals surface area (Å²) in [6.45, 7) is 0. The molecule has 0 spiro atoms. The van der Waals surface area contributed by atoms with E-state index in [1.165, 1.54) is 0 Å². The largest absolute Gasteiger partial charge is 0.547 e. The maximum absolute atomic E-state index is 9.70. The van der Waals surface area contributed by atoms with Gasteiger partial charge in [-0.25, -0.2) is 0 Å². The molecule has 0 aliphatic carbocycles. The number of carbonyl (C=O) groups excluding carboxylic acids is 1. The molecule has 0 bridgehead atoms. The van der Waals surface area contributed by atoms with Gasteiger partial charge < -0.3 is 26.3 Å². The van der Waals surface area contributed by atoms with Crippen LogP contribution < -0.4 is 11.3 Å². The Morgan fingerprint density at radius 1 is 1.64 bits per heavy atom. The third kappa shape index (κ3) is 10.0. The summed E-state index contributed by atoms with van der Waals surface area (Å²) >= 11 is 4.10. The number of aliphatic hydroxyl groups excluding tert-OH is 2. The van der Waals surface area contributed by atoms with Crippen molar-refractivity contribution in [3.8, 4) is 0 Å². The smallest absolute Gasteiger partial charge is 0.159 e. The molecule has 1 unspecified atom stereocenters. The zero-order valence-electron chi connectivity index (χ0n) is 5.71. The number of rotatable bonds is 3. The van der Waals surface area contributed by atoms with E-state index in [9.17, 15) is 9.90 Å². The molecule has 0 amide bonds. The minimum atomic E-state index is -1.69. The van der Waals surface area contributed by atoms with Crippen LogP contribution in [-0.4, -0.2) is 27.3 Å². The van der Waals surface area contributed by atoms with Gasteiger partial charge >= 0.3 is 0 Å². The quantitative estimate of drug-likeness (QED) is 0.427. The zero-order chi connectivity index (χ0) is 7.44. The second kappa shape index (κ2) is 8.12. The monoisotopic (exact) mass is 364 g/mol. The normalized spacial score (nSPS) is 10.3. The number of aliphatic carboxylic acids is 1. The van der Waals surface area contributed by atoms with Crippen LogP contribution in [0, 0.1) is 0 Å². The third-order valence-electron chi connectivity index (χ3n) is 0.640. The number of quaternary nitrogens is 1. The molecule has 0 aromatic heterocycles. The van der Waals surface area contributed by atoms with Gasteiger partial charge in [0.2, 0.25) is 0 Å². The third-order valence-corrected chi connectivity index (χ3v) is 0.807. The van der Waals surface area contributed by atoms with Gasteiger partial charge in [0.1, 0.15) is 6.10 Å². The van der Waals surface area contributed by atoms with Crippen LogP contribution >= 0.6 is 12.2 Å². The molecule has 1 radical (unpaired) electrons. The second-order valence-electron chi connectivity index (χ2n) is 1.43. The van der Waals surface area contributed by atoms with Gasteiger partial charge in [-0.1, -0.05) is 0 Å². The second-order valence-corrected chi connectivity index (χ2v) is 1.90. The number of hydrogen-bond acceptors (Lipinski definition) is 4. The summed E-state index contributed by atoms with van der Waals surface area (Å²) in [5.74, 6) is -1.63. The van der Waals surface area contributed by atoms with Crippen molar-refractivity contribution >= 4 is 23.2 Å². The van der Waals surface area contributed by atoms with E-state index in [2.05, 4.69) is 12.2 Å². The van der Waals surface area contributed by atoms with E-state index in [0.29, 0.717) is 0 Å². The molecular weight excluding hydrogens is 355 g/mol. The SMILES string of the molecule is O=C([O-])C(O)CC(O)=S.[Au].[NH4+]. The summed E-state index contributed by atoms with van der Waals surface area (Å²) in [4.78, 5) is 9.70. The Kier molecular flexibility index (Phi) is 12.7. The standard InChI is InChI=1S/C4H6O4S.Au.H3N/c5-2(4(7)8)1-3(6)9;;/h2,5H,1H2,(H,6,9)(H,7,8);;1H3. The molecule has 0 saturated carbocycles. The van der Waals surface area contributed by atoms with Crippen LogP contribution in [0.25, 0.3) is 0 Å². The summed E-state index contributed by atoms with van der Waals surface area (Å²) < 4.78 is 0. The van der Waals surface area contributed by atoms with Crippen LogP contribution in [0.3, 0.4) is 0 Å². The van der Waals surface area contributed by atoms with Gasteiger partial charge in [0.15, 0.2) is 5.05 Å². The molecule has 0 saturated heterocycles. The average molecular weight is 364 g/mol. The van der Waals surface area contributed by atoms with Crippen molar-refractivity contribution in [2.75, 3.05) is 0 Å². The molecular formula is C4H9AuNO4S. The summed E-state index contributed by atoms with van der Waals surface area (Å²) in [6, 6.07) is 0. The number of thiocarbonyl (C=S) groups is 1. The van der Waals surface area contributed by atoms with Crippen LogP contribution in [0.4, 0.5) is 0 Å². The van der Waals surface area contributed by atoms with Gasteiger partial charge in [-0.15, -0.1) is 0 Å². The molecule has 11 heavy (non-hydrogen) atoms. The van der Waals surface area contributed by atoms with Gasteiger partial charge in [0, 0.05) is 28.8 Å². The van der Waals surface area contributed by atoms with Crippen molar-refractivity contribution in [3.63, 3.8) is 0 Å². The Labute approximate surface area is 84.5 Å². The maximum atomic E-state index is 9.70. The van der Waals surface area contributed by atoms with Crippen LogP contribution in [0.5, 0.6) is 0 Å². The Morgan fingerprint density at radius 3 is 2.09 bits per heavy atom. The number of hydrogen-bond donors (Lipinski definition) is 3. The molecule has 0 aromatic carbocycles. The molecule has 1 atom stereocenters. The van der Waals surface area contributed by atoms with Crippen LogP contribution in [0.1, 0.15) is 6.42 Å². The average Bonchev–Trinajstić information content (AvgIpc) is 1.63. The minimum absolute atomic E-state index is 0. The molecule has 0 rings (SSSR count). The first-order valence-corrected chi connectivity index (χ1v) is 2.55.